The lowest BCUT2D eigenvalue weighted by molar-refractivity contribution is 0.0338. The third kappa shape index (κ3) is 2.78. The van der Waals surface area contributed by atoms with E-state index in [0.717, 1.165) is 52.5 Å². The Morgan fingerprint density at radius 2 is 1.79 bits per heavy atom. The van der Waals surface area contributed by atoms with Gasteiger partial charge in [-0.15, -0.1) is 0 Å². The number of morpholine rings is 1. The Kier molecular flexibility index (Phi) is 4.62. The van der Waals surface area contributed by atoms with Gasteiger partial charge in [-0.3, -0.25) is 9.80 Å². The zero-order chi connectivity index (χ0) is 16.6. The second-order valence-corrected chi connectivity index (χ2v) is 7.49. The lowest BCUT2D eigenvalue weighted by atomic mass is 9.95. The lowest BCUT2D eigenvalue weighted by Gasteiger charge is -2.28. The van der Waals surface area contributed by atoms with Crippen molar-refractivity contribution >= 4 is 0 Å². The van der Waals surface area contributed by atoms with E-state index in [1.165, 1.54) is 5.56 Å². The van der Waals surface area contributed by atoms with Gasteiger partial charge in [0.1, 0.15) is 0 Å². The van der Waals surface area contributed by atoms with Crippen molar-refractivity contribution in [2.75, 3.05) is 59.1 Å². The summed E-state index contributed by atoms with van der Waals surface area (Å²) in [5, 5.41) is 20.6. The average molecular weight is 332 g/mol. The van der Waals surface area contributed by atoms with Crippen LogP contribution in [0.2, 0.25) is 0 Å². The van der Waals surface area contributed by atoms with Crippen LogP contribution in [0.25, 0.3) is 0 Å². The van der Waals surface area contributed by atoms with Gasteiger partial charge in [-0.05, 0) is 17.4 Å². The normalized spacial score (nSPS) is 37.2. The molecule has 4 atom stereocenters. The number of β-amino-alcohol motifs (C(OH)–C–C–N with tert-alkyl or cyclic N) is 1. The molecule has 0 aromatic heterocycles. The predicted octanol–water partition coefficient (Wildman–Crippen LogP) is 0.387. The van der Waals surface area contributed by atoms with Gasteiger partial charge < -0.3 is 14.9 Å². The van der Waals surface area contributed by atoms with Gasteiger partial charge in [-0.1, -0.05) is 30.3 Å². The topological polar surface area (TPSA) is 56.2 Å². The molecule has 3 aliphatic rings. The van der Waals surface area contributed by atoms with Gasteiger partial charge in [0.05, 0.1) is 19.3 Å². The first-order valence-corrected chi connectivity index (χ1v) is 9.12. The standard InChI is InChI=1S/C19H28N2O3/c22-13-16-18(15-4-2-1-3-5-15)19(16)14-21(12-17(19)23)7-6-20-8-10-24-11-9-20/h1-5,16-18,22-23H,6-14H2/t16-,17+,18-,19-/m1/s1. The minimum absolute atomic E-state index is 0.152. The van der Waals surface area contributed by atoms with Crippen LogP contribution in [0.15, 0.2) is 30.3 Å². The summed E-state index contributed by atoms with van der Waals surface area (Å²) in [6.07, 6.45) is -0.343. The zero-order valence-corrected chi connectivity index (χ0v) is 14.2. The Morgan fingerprint density at radius 1 is 1.08 bits per heavy atom. The maximum atomic E-state index is 10.8. The molecular weight excluding hydrogens is 304 g/mol. The molecule has 0 amide bonds. The molecule has 2 heterocycles. The third-order valence-corrected chi connectivity index (χ3v) is 6.30. The molecule has 4 rings (SSSR count). The molecule has 1 saturated carbocycles. The molecule has 132 valence electrons. The number of aliphatic hydroxyl groups is 2. The van der Waals surface area contributed by atoms with Crippen LogP contribution in [0.5, 0.6) is 0 Å². The number of hydrogen-bond acceptors (Lipinski definition) is 5. The minimum atomic E-state index is -0.343. The summed E-state index contributed by atoms with van der Waals surface area (Å²) in [7, 11) is 0. The molecule has 1 spiro atoms. The van der Waals surface area contributed by atoms with Crippen LogP contribution in [0.1, 0.15) is 11.5 Å². The van der Waals surface area contributed by atoms with Gasteiger partial charge in [-0.25, -0.2) is 0 Å². The van der Waals surface area contributed by atoms with Gasteiger partial charge in [0.25, 0.3) is 0 Å². The number of likely N-dealkylation sites (tertiary alicyclic amines) is 1. The monoisotopic (exact) mass is 332 g/mol. The van der Waals surface area contributed by atoms with E-state index in [0.29, 0.717) is 0 Å². The maximum Gasteiger partial charge on any atom is 0.0745 e. The second kappa shape index (κ2) is 6.73. The highest BCUT2D eigenvalue weighted by molar-refractivity contribution is 5.36. The van der Waals surface area contributed by atoms with Crippen LogP contribution < -0.4 is 0 Å². The first kappa shape index (κ1) is 16.5. The van der Waals surface area contributed by atoms with Crippen molar-refractivity contribution in [2.45, 2.75) is 12.0 Å². The summed E-state index contributed by atoms with van der Waals surface area (Å²) in [6.45, 7) is 7.47. The molecule has 5 nitrogen and oxygen atoms in total. The molecule has 2 saturated heterocycles. The Morgan fingerprint density at radius 3 is 2.50 bits per heavy atom. The number of aliphatic hydroxyl groups excluding tert-OH is 2. The van der Waals surface area contributed by atoms with E-state index >= 15 is 0 Å². The maximum absolute atomic E-state index is 10.8. The van der Waals surface area contributed by atoms with Gasteiger partial charge in [-0.2, -0.15) is 0 Å². The quantitative estimate of drug-likeness (QED) is 0.817. The molecule has 1 aromatic rings. The summed E-state index contributed by atoms with van der Waals surface area (Å²) < 4.78 is 5.40. The molecule has 3 fully saturated rings. The fraction of sp³-hybridized carbons (Fsp3) is 0.684. The molecule has 2 aliphatic heterocycles. The molecule has 2 N–H and O–H groups in total. The summed E-state index contributed by atoms with van der Waals surface area (Å²) in [5.74, 6) is 0.468. The van der Waals surface area contributed by atoms with E-state index in [1.807, 2.05) is 18.2 Å². The number of rotatable bonds is 5. The van der Waals surface area contributed by atoms with Crippen LogP contribution in [-0.4, -0.2) is 85.2 Å². The number of nitrogens with zero attached hydrogens (tertiary/aromatic N) is 2. The Hall–Kier alpha value is -0.980. The van der Waals surface area contributed by atoms with Crippen LogP contribution >= 0.6 is 0 Å². The number of ether oxygens (including phenoxy) is 1. The Balaban J connectivity index is 1.40. The smallest absolute Gasteiger partial charge is 0.0745 e. The SMILES string of the molecule is OC[C@@H]1[C@@H](c2ccccc2)[C@]12CN(CCN1CCOCC1)C[C@@H]2O. The minimum Gasteiger partial charge on any atom is -0.396 e. The molecule has 24 heavy (non-hydrogen) atoms. The highest BCUT2D eigenvalue weighted by Gasteiger charge is 2.70. The summed E-state index contributed by atoms with van der Waals surface area (Å²) in [4.78, 5) is 4.82. The van der Waals surface area contributed by atoms with Crippen molar-refractivity contribution in [3.63, 3.8) is 0 Å². The van der Waals surface area contributed by atoms with E-state index in [9.17, 15) is 10.2 Å². The van der Waals surface area contributed by atoms with Crippen molar-refractivity contribution in [2.24, 2.45) is 11.3 Å². The molecule has 5 heteroatoms. The highest BCUT2D eigenvalue weighted by Crippen LogP contribution is 2.68. The van der Waals surface area contributed by atoms with Crippen molar-refractivity contribution in [1.82, 2.24) is 9.80 Å². The van der Waals surface area contributed by atoms with E-state index in [4.69, 9.17) is 4.74 Å². The first-order valence-electron chi connectivity index (χ1n) is 9.12. The molecule has 0 bridgehead atoms. The van der Waals surface area contributed by atoms with Crippen LogP contribution in [0.3, 0.4) is 0 Å². The second-order valence-electron chi connectivity index (χ2n) is 7.49. The number of benzene rings is 1. The van der Waals surface area contributed by atoms with Gasteiger partial charge >= 0.3 is 0 Å². The van der Waals surface area contributed by atoms with Crippen LogP contribution in [0, 0.1) is 11.3 Å². The summed E-state index contributed by atoms with van der Waals surface area (Å²) in [5.41, 5.74) is 1.10. The fourth-order valence-corrected chi connectivity index (χ4v) is 4.94. The molecule has 1 aromatic carbocycles. The lowest BCUT2D eigenvalue weighted by Crippen LogP contribution is -2.41. The molecular formula is C19H28N2O3. The molecule has 0 unspecified atom stereocenters. The van der Waals surface area contributed by atoms with E-state index < -0.39 is 0 Å². The van der Waals surface area contributed by atoms with Crippen LogP contribution in [0.4, 0.5) is 0 Å². The fourth-order valence-electron chi connectivity index (χ4n) is 4.94. The van der Waals surface area contributed by atoms with Crippen molar-refractivity contribution in [3.05, 3.63) is 35.9 Å². The molecule has 1 aliphatic carbocycles. The van der Waals surface area contributed by atoms with Gasteiger partial charge in [0.2, 0.25) is 0 Å². The molecule has 0 radical (unpaired) electrons. The highest BCUT2D eigenvalue weighted by atomic mass is 16.5. The van der Waals surface area contributed by atoms with Crippen molar-refractivity contribution in [3.8, 4) is 0 Å². The Bertz CT molecular complexity index is 549. The third-order valence-electron chi connectivity index (χ3n) is 6.30. The Labute approximate surface area is 143 Å². The predicted molar refractivity (Wildman–Crippen MR) is 91.9 cm³/mol. The van der Waals surface area contributed by atoms with Gasteiger partial charge in [0.15, 0.2) is 0 Å². The average Bonchev–Trinajstić information content (AvgIpc) is 3.17. The van der Waals surface area contributed by atoms with E-state index in [1.54, 1.807) is 0 Å². The summed E-state index contributed by atoms with van der Waals surface area (Å²) >= 11 is 0. The van der Waals surface area contributed by atoms with Gasteiger partial charge in [0, 0.05) is 51.3 Å². The first-order chi connectivity index (χ1) is 11.8. The van der Waals surface area contributed by atoms with E-state index in [2.05, 4.69) is 21.9 Å². The largest absolute Gasteiger partial charge is 0.396 e. The van der Waals surface area contributed by atoms with E-state index in [-0.39, 0.29) is 30.0 Å². The van der Waals surface area contributed by atoms with Crippen molar-refractivity contribution < 1.29 is 14.9 Å². The number of hydrogen-bond donors (Lipinski definition) is 2. The van der Waals surface area contributed by atoms with Crippen molar-refractivity contribution in [1.29, 1.82) is 0 Å². The van der Waals surface area contributed by atoms with Crippen LogP contribution in [-0.2, 0) is 4.74 Å². The zero-order valence-electron chi connectivity index (χ0n) is 14.2. The summed E-state index contributed by atoms with van der Waals surface area (Å²) in [6, 6.07) is 10.4.